The van der Waals surface area contributed by atoms with Crippen molar-refractivity contribution in [2.45, 2.75) is 19.0 Å². The van der Waals surface area contributed by atoms with Gasteiger partial charge in [0.05, 0.1) is 20.3 Å². The van der Waals surface area contributed by atoms with Gasteiger partial charge in [-0.15, -0.1) is 11.3 Å². The van der Waals surface area contributed by atoms with E-state index in [2.05, 4.69) is 22.4 Å². The topological polar surface area (TPSA) is 65.7 Å². The molecule has 0 aliphatic carbocycles. The fourth-order valence-electron chi connectivity index (χ4n) is 4.09. The van der Waals surface area contributed by atoms with Crippen molar-refractivity contribution in [2.24, 2.45) is 14.1 Å². The van der Waals surface area contributed by atoms with Crippen LogP contribution < -0.4 is 20.7 Å². The van der Waals surface area contributed by atoms with E-state index in [1.807, 2.05) is 12.1 Å². The van der Waals surface area contributed by atoms with Crippen LogP contribution in [0.3, 0.4) is 0 Å². The van der Waals surface area contributed by atoms with Gasteiger partial charge in [-0.05, 0) is 41.1 Å². The van der Waals surface area contributed by atoms with E-state index in [1.54, 1.807) is 43.2 Å². The largest absolute Gasteiger partial charge is 0.493 e. The van der Waals surface area contributed by atoms with Crippen molar-refractivity contribution in [1.29, 1.82) is 0 Å². The van der Waals surface area contributed by atoms with Crippen molar-refractivity contribution in [2.75, 3.05) is 20.8 Å². The van der Waals surface area contributed by atoms with E-state index < -0.39 is 0 Å². The van der Waals surface area contributed by atoms with Gasteiger partial charge in [-0.25, -0.2) is 4.79 Å². The van der Waals surface area contributed by atoms with Crippen LogP contribution in [0.5, 0.6) is 11.5 Å². The number of methoxy groups -OCH3 is 2. The highest BCUT2D eigenvalue weighted by Gasteiger charge is 2.31. The van der Waals surface area contributed by atoms with Gasteiger partial charge in [-0.2, -0.15) is 0 Å². The summed E-state index contributed by atoms with van der Waals surface area (Å²) in [5, 5.41) is 2.07. The van der Waals surface area contributed by atoms with E-state index in [1.165, 1.54) is 17.5 Å². The highest BCUT2D eigenvalue weighted by Crippen LogP contribution is 2.42. The standard InChI is InChI=1S/C22H25N3O4S/c1-23-15(11-20(26)24(2)22(23)27)13-25-8-7-14-10-17(28-3)18(29-4)12-16(14)21(25)19-6-5-9-30-19/h5-6,9-12,21H,7-8,13H2,1-4H3/t21-/m0/s1. The molecular formula is C22H25N3O4S. The zero-order chi connectivity index (χ0) is 21.4. The molecule has 8 heteroatoms. The number of hydrogen-bond donors (Lipinski definition) is 0. The molecule has 0 radical (unpaired) electrons. The van der Waals surface area contributed by atoms with Crippen LogP contribution >= 0.6 is 11.3 Å². The molecule has 4 rings (SSSR count). The van der Waals surface area contributed by atoms with Gasteiger partial charge >= 0.3 is 5.69 Å². The zero-order valence-electron chi connectivity index (χ0n) is 17.5. The second-order valence-electron chi connectivity index (χ2n) is 7.42. The molecule has 30 heavy (non-hydrogen) atoms. The van der Waals surface area contributed by atoms with Gasteiger partial charge in [0.25, 0.3) is 5.56 Å². The Bertz CT molecular complexity index is 1180. The maximum atomic E-state index is 12.4. The summed E-state index contributed by atoms with van der Waals surface area (Å²) in [5.41, 5.74) is 2.49. The minimum atomic E-state index is -0.311. The van der Waals surface area contributed by atoms with Crippen LogP contribution in [0.25, 0.3) is 0 Å². The molecule has 1 aliphatic rings. The van der Waals surface area contributed by atoms with Gasteiger partial charge in [-0.1, -0.05) is 6.07 Å². The zero-order valence-corrected chi connectivity index (χ0v) is 18.4. The Hall–Kier alpha value is -2.84. The lowest BCUT2D eigenvalue weighted by Crippen LogP contribution is -2.41. The summed E-state index contributed by atoms with van der Waals surface area (Å²) in [6, 6.07) is 9.83. The van der Waals surface area contributed by atoms with E-state index in [4.69, 9.17) is 9.47 Å². The van der Waals surface area contributed by atoms with Crippen LogP contribution in [0.1, 0.15) is 27.7 Å². The smallest absolute Gasteiger partial charge is 0.330 e. The van der Waals surface area contributed by atoms with Crippen molar-refractivity contribution in [1.82, 2.24) is 14.0 Å². The molecule has 0 amide bonds. The van der Waals surface area contributed by atoms with Gasteiger partial charge in [0.2, 0.25) is 0 Å². The maximum absolute atomic E-state index is 12.4. The SMILES string of the molecule is COc1cc2c(cc1OC)[C@@H](c1cccs1)N(Cc1cc(=O)n(C)c(=O)n1C)CC2. The predicted molar refractivity (Wildman–Crippen MR) is 117 cm³/mol. The first-order chi connectivity index (χ1) is 14.4. The number of benzene rings is 1. The average molecular weight is 428 g/mol. The molecule has 3 heterocycles. The van der Waals surface area contributed by atoms with Crippen molar-refractivity contribution < 1.29 is 9.47 Å². The van der Waals surface area contributed by atoms with Crippen LogP contribution in [-0.2, 0) is 27.1 Å². The fraction of sp³-hybridized carbons (Fsp3) is 0.364. The minimum absolute atomic E-state index is 0.00714. The summed E-state index contributed by atoms with van der Waals surface area (Å²) >= 11 is 1.70. The van der Waals surface area contributed by atoms with E-state index in [0.29, 0.717) is 18.0 Å². The van der Waals surface area contributed by atoms with Gasteiger partial charge in [-0.3, -0.25) is 18.8 Å². The second kappa shape index (κ2) is 8.12. The number of aromatic nitrogens is 2. The highest BCUT2D eigenvalue weighted by molar-refractivity contribution is 7.10. The Morgan fingerprint density at radius 2 is 1.80 bits per heavy atom. The van der Waals surface area contributed by atoms with Gasteiger partial charge in [0, 0.05) is 43.8 Å². The number of ether oxygens (including phenoxy) is 2. The fourth-order valence-corrected chi connectivity index (χ4v) is 4.96. The lowest BCUT2D eigenvalue weighted by molar-refractivity contribution is 0.200. The Morgan fingerprint density at radius 1 is 1.07 bits per heavy atom. The van der Waals surface area contributed by atoms with Gasteiger partial charge in [0.15, 0.2) is 11.5 Å². The third-order valence-corrected chi connectivity index (χ3v) is 6.70. The average Bonchev–Trinajstić information content (AvgIpc) is 3.29. The van der Waals surface area contributed by atoms with Crippen LogP contribution in [0, 0.1) is 0 Å². The number of thiophene rings is 1. The number of nitrogens with zero attached hydrogens (tertiary/aromatic N) is 3. The van der Waals surface area contributed by atoms with E-state index in [-0.39, 0.29) is 17.3 Å². The summed E-state index contributed by atoms with van der Waals surface area (Å²) in [7, 11) is 6.50. The molecule has 0 spiro atoms. The molecule has 0 saturated heterocycles. The van der Waals surface area contributed by atoms with Gasteiger partial charge < -0.3 is 9.47 Å². The normalized spacial score (nSPS) is 16.3. The van der Waals surface area contributed by atoms with E-state index in [9.17, 15) is 9.59 Å². The summed E-state index contributed by atoms with van der Waals surface area (Å²) in [6.07, 6.45) is 0.844. The Balaban J connectivity index is 1.81. The van der Waals surface area contributed by atoms with Crippen LogP contribution in [0.4, 0.5) is 0 Å². The third kappa shape index (κ3) is 3.46. The molecular weight excluding hydrogens is 402 g/mol. The van der Waals surface area contributed by atoms with Crippen molar-refractivity contribution in [3.05, 3.63) is 78.2 Å². The van der Waals surface area contributed by atoms with E-state index >= 15 is 0 Å². The quantitative estimate of drug-likeness (QED) is 0.625. The first-order valence-corrected chi connectivity index (χ1v) is 10.6. The van der Waals surface area contributed by atoms with Crippen molar-refractivity contribution >= 4 is 11.3 Å². The first-order valence-electron chi connectivity index (χ1n) is 9.72. The molecule has 158 valence electrons. The molecule has 0 saturated carbocycles. The molecule has 7 nitrogen and oxygen atoms in total. The summed E-state index contributed by atoms with van der Waals surface area (Å²) in [4.78, 5) is 28.1. The predicted octanol–water partition coefficient (Wildman–Crippen LogP) is 2.31. The molecule has 2 aromatic heterocycles. The van der Waals surface area contributed by atoms with Crippen molar-refractivity contribution in [3.63, 3.8) is 0 Å². The second-order valence-corrected chi connectivity index (χ2v) is 8.40. The lowest BCUT2D eigenvalue weighted by Gasteiger charge is -2.37. The van der Waals surface area contributed by atoms with Crippen molar-refractivity contribution in [3.8, 4) is 11.5 Å². The summed E-state index contributed by atoms with van der Waals surface area (Å²) in [6.45, 7) is 1.30. The summed E-state index contributed by atoms with van der Waals surface area (Å²) in [5.74, 6) is 1.42. The maximum Gasteiger partial charge on any atom is 0.330 e. The Labute approximate surface area is 178 Å². The van der Waals surface area contributed by atoms with Crippen LogP contribution in [0.15, 0.2) is 45.3 Å². The molecule has 3 aromatic rings. The first kappa shape index (κ1) is 20.4. The Morgan fingerprint density at radius 3 is 2.47 bits per heavy atom. The van der Waals surface area contributed by atoms with E-state index in [0.717, 1.165) is 28.8 Å². The third-order valence-electron chi connectivity index (χ3n) is 5.78. The van der Waals surface area contributed by atoms with Crippen LogP contribution in [-0.4, -0.2) is 34.8 Å². The molecule has 0 bridgehead atoms. The molecule has 1 atom stereocenters. The number of fused-ring (bicyclic) bond motifs is 1. The highest BCUT2D eigenvalue weighted by atomic mass is 32.1. The van der Waals surface area contributed by atoms with Gasteiger partial charge in [0.1, 0.15) is 0 Å². The number of hydrogen-bond acceptors (Lipinski definition) is 6. The molecule has 0 N–H and O–H groups in total. The monoisotopic (exact) mass is 427 g/mol. The van der Waals surface area contributed by atoms with Crippen LogP contribution in [0.2, 0.25) is 0 Å². The Kier molecular flexibility index (Phi) is 5.53. The number of rotatable bonds is 5. The molecule has 0 fully saturated rings. The minimum Gasteiger partial charge on any atom is -0.493 e. The molecule has 0 unspecified atom stereocenters. The lowest BCUT2D eigenvalue weighted by atomic mass is 9.90. The summed E-state index contributed by atoms with van der Waals surface area (Å²) < 4.78 is 13.7. The molecule has 1 aromatic carbocycles. The molecule has 1 aliphatic heterocycles.